The van der Waals surface area contributed by atoms with Crippen molar-refractivity contribution in [1.29, 1.82) is 0 Å². The first kappa shape index (κ1) is 39.4. The molecule has 0 unspecified atom stereocenters. The molecule has 0 saturated carbocycles. The summed E-state index contributed by atoms with van der Waals surface area (Å²) >= 11 is 0. The number of hydrogen-bond donors (Lipinski definition) is 0. The molecular formula is H5CeLiO2. The summed E-state index contributed by atoms with van der Waals surface area (Å²) in [6, 6.07) is 0. The molecule has 4 N–H and O–H groups in total. The van der Waals surface area contributed by atoms with Crippen molar-refractivity contribution in [2.45, 2.75) is 0 Å². The van der Waals surface area contributed by atoms with Crippen LogP contribution in [0.3, 0.4) is 0 Å². The number of hydrogen-bond acceptors (Lipinski definition) is 0. The fourth-order valence-electron chi connectivity index (χ4n) is 0. The summed E-state index contributed by atoms with van der Waals surface area (Å²) in [4.78, 5) is 0. The summed E-state index contributed by atoms with van der Waals surface area (Å²) in [5.41, 5.74) is 0. The molecule has 0 aliphatic rings. The standard InChI is InChI=1S/Ce.Li.2H2O.H/h;;2*1H2;/q;+1;;;-1. The van der Waals surface area contributed by atoms with E-state index in [0.717, 1.165) is 0 Å². The van der Waals surface area contributed by atoms with Crippen LogP contribution in [-0.2, 0) is 0 Å². The van der Waals surface area contributed by atoms with Gasteiger partial charge >= 0.3 is 18.9 Å². The Kier molecular flexibility index (Phi) is 204. The van der Waals surface area contributed by atoms with Crippen LogP contribution in [0.15, 0.2) is 0 Å². The van der Waals surface area contributed by atoms with E-state index in [4.69, 9.17) is 0 Å². The monoisotopic (exact) mass is 184 g/mol. The maximum atomic E-state index is 0. The summed E-state index contributed by atoms with van der Waals surface area (Å²) in [6.07, 6.45) is 0. The average molecular weight is 184 g/mol. The molecule has 0 aromatic heterocycles. The van der Waals surface area contributed by atoms with Gasteiger partial charge in [-0.1, -0.05) is 0 Å². The quantitative estimate of drug-likeness (QED) is 0.340. The van der Waals surface area contributed by atoms with Gasteiger partial charge in [-0.25, -0.2) is 0 Å². The van der Waals surface area contributed by atoms with Crippen LogP contribution in [0.1, 0.15) is 1.43 Å². The van der Waals surface area contributed by atoms with E-state index < -0.39 is 0 Å². The zero-order valence-corrected chi connectivity index (χ0v) is 5.64. The van der Waals surface area contributed by atoms with Gasteiger partial charge in [-0.2, -0.15) is 0 Å². The van der Waals surface area contributed by atoms with Crippen LogP contribution >= 0.6 is 0 Å². The predicted octanol–water partition coefficient (Wildman–Crippen LogP) is -4.53. The van der Waals surface area contributed by atoms with Gasteiger partial charge in [-0.15, -0.1) is 0 Å². The summed E-state index contributed by atoms with van der Waals surface area (Å²) in [5, 5.41) is 0. The van der Waals surface area contributed by atoms with E-state index in [1.54, 1.807) is 0 Å². The van der Waals surface area contributed by atoms with Gasteiger partial charge in [-0.05, 0) is 0 Å². The van der Waals surface area contributed by atoms with Gasteiger partial charge in [0.2, 0.25) is 0 Å². The number of rotatable bonds is 0. The first-order valence-electron chi connectivity index (χ1n) is 0. The van der Waals surface area contributed by atoms with Gasteiger partial charge in [0.15, 0.2) is 0 Å². The van der Waals surface area contributed by atoms with Gasteiger partial charge in [0, 0.05) is 41.7 Å². The predicted molar refractivity (Wildman–Crippen MR) is 8.34 cm³/mol. The van der Waals surface area contributed by atoms with Crippen LogP contribution in [0, 0.1) is 41.7 Å². The Morgan fingerprint density at radius 1 is 1.00 bits per heavy atom. The minimum Gasteiger partial charge on any atom is -1.00 e. The van der Waals surface area contributed by atoms with Crippen LogP contribution in [-0.4, -0.2) is 11.0 Å². The maximum absolute atomic E-state index is 0. The van der Waals surface area contributed by atoms with Crippen LogP contribution in [0.2, 0.25) is 0 Å². The van der Waals surface area contributed by atoms with Crippen molar-refractivity contribution in [1.82, 2.24) is 0 Å². The smallest absolute Gasteiger partial charge is 1.00 e. The Balaban J connectivity index is 0. The van der Waals surface area contributed by atoms with Crippen molar-refractivity contribution in [2.24, 2.45) is 0 Å². The van der Waals surface area contributed by atoms with E-state index in [-0.39, 0.29) is 73.0 Å². The molecule has 0 aromatic carbocycles. The third-order valence-corrected chi connectivity index (χ3v) is 0. The average Bonchev–Trinajstić information content (AvgIpc) is 0. The maximum Gasteiger partial charge on any atom is 1.00 e. The second kappa shape index (κ2) is 20.7. The Bertz CT molecular complexity index is 9.61. The molecule has 0 amide bonds. The zero-order valence-electron chi connectivity index (χ0n) is 3.50. The minimum atomic E-state index is 0. The molecule has 22 valence electrons. The minimum absolute atomic E-state index is 0. The molecule has 0 aromatic rings. The third kappa shape index (κ3) is 9.09. The van der Waals surface area contributed by atoms with E-state index in [9.17, 15) is 0 Å². The first-order chi connectivity index (χ1) is 0. The van der Waals surface area contributed by atoms with Crippen molar-refractivity contribution in [2.75, 3.05) is 0 Å². The van der Waals surface area contributed by atoms with E-state index in [1.807, 2.05) is 0 Å². The normalized spacial score (nSPS) is 0. The molecule has 2 nitrogen and oxygen atoms in total. The Morgan fingerprint density at radius 3 is 1.00 bits per heavy atom. The molecule has 0 aliphatic carbocycles. The van der Waals surface area contributed by atoms with E-state index >= 15 is 0 Å². The first-order valence-corrected chi connectivity index (χ1v) is 0. The fraction of sp³-hybridized carbons (Fsp3) is 0. The van der Waals surface area contributed by atoms with Gasteiger partial charge in [0.05, 0.1) is 0 Å². The molecule has 0 heterocycles. The van der Waals surface area contributed by atoms with Gasteiger partial charge < -0.3 is 12.4 Å². The van der Waals surface area contributed by atoms with Crippen molar-refractivity contribution in [3.63, 3.8) is 0 Å². The Labute approximate surface area is 72.0 Å². The summed E-state index contributed by atoms with van der Waals surface area (Å²) in [6.45, 7) is 0. The summed E-state index contributed by atoms with van der Waals surface area (Å²) < 4.78 is 0. The summed E-state index contributed by atoms with van der Waals surface area (Å²) in [7, 11) is 0. The summed E-state index contributed by atoms with van der Waals surface area (Å²) in [5.74, 6) is 0. The van der Waals surface area contributed by atoms with Gasteiger partial charge in [0.25, 0.3) is 0 Å². The molecular weight excluding hydrogens is 179 g/mol. The molecule has 0 aliphatic heterocycles. The van der Waals surface area contributed by atoms with E-state index in [1.165, 1.54) is 0 Å². The van der Waals surface area contributed by atoms with E-state index in [0.29, 0.717) is 0 Å². The largest absolute Gasteiger partial charge is 1.00 e. The molecule has 0 saturated heterocycles. The van der Waals surface area contributed by atoms with Crippen LogP contribution in [0.25, 0.3) is 0 Å². The second-order valence-electron chi connectivity index (χ2n) is 0. The van der Waals surface area contributed by atoms with E-state index in [2.05, 4.69) is 0 Å². The molecule has 0 rings (SSSR count). The fourth-order valence-corrected chi connectivity index (χ4v) is 0. The zero-order chi connectivity index (χ0) is 0. The van der Waals surface area contributed by atoms with Crippen molar-refractivity contribution < 1.29 is 73.0 Å². The van der Waals surface area contributed by atoms with Gasteiger partial charge in [-0.3, -0.25) is 0 Å². The molecule has 0 atom stereocenters. The van der Waals surface area contributed by atoms with Crippen LogP contribution in [0.5, 0.6) is 0 Å². The van der Waals surface area contributed by atoms with Crippen LogP contribution < -0.4 is 18.9 Å². The SMILES string of the molecule is O.O.[Ce].[H-].[Li+]. The molecule has 4 heteroatoms. The molecule has 0 radical (unpaired) electrons. The molecule has 0 bridgehead atoms. The van der Waals surface area contributed by atoms with Crippen molar-refractivity contribution in [3.8, 4) is 0 Å². The Morgan fingerprint density at radius 2 is 1.00 bits per heavy atom. The Hall–Kier alpha value is 1.89. The van der Waals surface area contributed by atoms with Crippen molar-refractivity contribution in [3.05, 3.63) is 0 Å². The third-order valence-electron chi connectivity index (χ3n) is 0. The molecule has 4 heavy (non-hydrogen) atoms. The topological polar surface area (TPSA) is 63.0 Å². The van der Waals surface area contributed by atoms with Crippen LogP contribution in [0.4, 0.5) is 0 Å². The second-order valence-corrected chi connectivity index (χ2v) is 0. The van der Waals surface area contributed by atoms with Crippen molar-refractivity contribution >= 4 is 0 Å². The van der Waals surface area contributed by atoms with Gasteiger partial charge in [0.1, 0.15) is 0 Å². The molecule has 0 spiro atoms. The molecule has 0 fully saturated rings.